The fourth-order valence-corrected chi connectivity index (χ4v) is 2.52. The average Bonchev–Trinajstić information content (AvgIpc) is 2.70. The fourth-order valence-electron chi connectivity index (χ4n) is 2.52. The van der Waals surface area contributed by atoms with Crippen molar-refractivity contribution >= 4 is 0 Å². The Hall–Kier alpha value is -0.760. The topological polar surface area (TPSA) is 36.0 Å². The zero-order valence-corrected chi connectivity index (χ0v) is 8.79. The third kappa shape index (κ3) is 1.71. The highest BCUT2D eigenvalue weighted by atomic mass is 16.3. The number of nitrogens with one attached hydrogen (secondary N) is 1. The molecule has 0 saturated heterocycles. The normalized spacial score (nSPS) is 23.3. The maximum Gasteiger partial charge on any atom is 0.0990 e. The van der Waals surface area contributed by atoms with E-state index in [4.69, 9.17) is 0 Å². The Labute approximate surface area is 85.3 Å². The van der Waals surface area contributed by atoms with Gasteiger partial charge in [-0.05, 0) is 30.4 Å². The van der Waals surface area contributed by atoms with Crippen LogP contribution in [0, 0.1) is 5.41 Å². The molecule has 1 atom stereocenters. The largest absolute Gasteiger partial charge is 0.386 e. The van der Waals surface area contributed by atoms with Crippen molar-refractivity contribution < 1.29 is 5.11 Å². The first-order valence-corrected chi connectivity index (χ1v) is 5.54. The van der Waals surface area contributed by atoms with Crippen molar-refractivity contribution in [2.45, 2.75) is 45.1 Å². The minimum atomic E-state index is -0.321. The van der Waals surface area contributed by atoms with E-state index >= 15 is 0 Å². The Morgan fingerprint density at radius 1 is 1.36 bits per heavy atom. The van der Waals surface area contributed by atoms with E-state index in [1.807, 2.05) is 18.3 Å². The highest BCUT2D eigenvalue weighted by molar-refractivity contribution is 5.10. The summed E-state index contributed by atoms with van der Waals surface area (Å²) in [6.45, 7) is 2.21. The maximum atomic E-state index is 10.3. The van der Waals surface area contributed by atoms with Gasteiger partial charge in [0.05, 0.1) is 6.10 Å². The van der Waals surface area contributed by atoms with Gasteiger partial charge in [0.2, 0.25) is 0 Å². The highest BCUT2D eigenvalue weighted by Crippen LogP contribution is 2.44. The van der Waals surface area contributed by atoms with Crippen molar-refractivity contribution in [3.05, 3.63) is 24.0 Å². The molecule has 1 heterocycles. The Bertz CT molecular complexity index is 273. The number of aromatic nitrogens is 1. The lowest BCUT2D eigenvalue weighted by atomic mass is 9.71. The van der Waals surface area contributed by atoms with Crippen LogP contribution < -0.4 is 0 Å². The third-order valence-corrected chi connectivity index (χ3v) is 3.57. The van der Waals surface area contributed by atoms with Gasteiger partial charge in [0.25, 0.3) is 0 Å². The second-order valence-corrected chi connectivity index (χ2v) is 4.74. The standard InChI is InChI=1S/C12H19NO/c1-12(7-3-2-4-8-12)11(14)10-6-5-9-13-10/h5-6,9,11,13-14H,2-4,7-8H2,1H3. The van der Waals surface area contributed by atoms with Gasteiger partial charge in [-0.2, -0.15) is 0 Å². The summed E-state index contributed by atoms with van der Waals surface area (Å²) in [5.74, 6) is 0. The smallest absolute Gasteiger partial charge is 0.0990 e. The first kappa shape index (κ1) is 9.78. The van der Waals surface area contributed by atoms with Gasteiger partial charge in [0.1, 0.15) is 0 Å². The van der Waals surface area contributed by atoms with Gasteiger partial charge in [0, 0.05) is 11.9 Å². The summed E-state index contributed by atoms with van der Waals surface area (Å²) in [6, 6.07) is 3.93. The summed E-state index contributed by atoms with van der Waals surface area (Å²) in [6.07, 6.45) is 7.69. The van der Waals surface area contributed by atoms with Crippen LogP contribution in [0.1, 0.15) is 50.8 Å². The Morgan fingerprint density at radius 3 is 2.64 bits per heavy atom. The number of aliphatic hydroxyl groups is 1. The molecule has 0 spiro atoms. The molecular formula is C12H19NO. The predicted molar refractivity (Wildman–Crippen MR) is 56.9 cm³/mol. The van der Waals surface area contributed by atoms with E-state index in [2.05, 4.69) is 11.9 Å². The molecule has 1 aliphatic rings. The third-order valence-electron chi connectivity index (χ3n) is 3.57. The summed E-state index contributed by atoms with van der Waals surface area (Å²) in [5.41, 5.74) is 1.05. The summed E-state index contributed by atoms with van der Waals surface area (Å²) in [5, 5.41) is 10.3. The predicted octanol–water partition coefficient (Wildman–Crippen LogP) is 3.02. The summed E-state index contributed by atoms with van der Waals surface area (Å²) in [4.78, 5) is 3.11. The molecule has 0 amide bonds. The number of hydrogen-bond donors (Lipinski definition) is 2. The second kappa shape index (κ2) is 3.77. The molecule has 1 aromatic rings. The van der Waals surface area contributed by atoms with E-state index in [0.29, 0.717) is 0 Å². The average molecular weight is 193 g/mol. The van der Waals surface area contributed by atoms with Crippen LogP contribution in [0.5, 0.6) is 0 Å². The van der Waals surface area contributed by atoms with Gasteiger partial charge in [-0.3, -0.25) is 0 Å². The van der Waals surface area contributed by atoms with Gasteiger partial charge in [0.15, 0.2) is 0 Å². The first-order chi connectivity index (χ1) is 6.72. The molecule has 1 aliphatic carbocycles. The molecule has 1 fully saturated rings. The van der Waals surface area contributed by atoms with Crippen LogP contribution in [-0.2, 0) is 0 Å². The van der Waals surface area contributed by atoms with E-state index in [9.17, 15) is 5.11 Å². The molecule has 14 heavy (non-hydrogen) atoms. The van der Waals surface area contributed by atoms with E-state index in [1.54, 1.807) is 0 Å². The molecule has 0 aromatic carbocycles. The zero-order chi connectivity index (χ0) is 10.0. The van der Waals surface area contributed by atoms with Crippen LogP contribution in [0.3, 0.4) is 0 Å². The van der Waals surface area contributed by atoms with E-state index < -0.39 is 0 Å². The molecule has 1 saturated carbocycles. The fraction of sp³-hybridized carbons (Fsp3) is 0.667. The highest BCUT2D eigenvalue weighted by Gasteiger charge is 2.35. The van der Waals surface area contributed by atoms with Crippen LogP contribution in [0.4, 0.5) is 0 Å². The first-order valence-electron chi connectivity index (χ1n) is 5.54. The summed E-state index contributed by atoms with van der Waals surface area (Å²) < 4.78 is 0. The van der Waals surface area contributed by atoms with Gasteiger partial charge in [-0.1, -0.05) is 26.2 Å². The van der Waals surface area contributed by atoms with Crippen molar-refractivity contribution in [3.63, 3.8) is 0 Å². The van der Waals surface area contributed by atoms with E-state index in [1.165, 1.54) is 19.3 Å². The molecule has 2 rings (SSSR count). The van der Waals surface area contributed by atoms with Crippen molar-refractivity contribution in [2.75, 3.05) is 0 Å². The lowest BCUT2D eigenvalue weighted by molar-refractivity contribution is 0.00560. The lowest BCUT2D eigenvalue weighted by Crippen LogP contribution is -2.28. The molecule has 0 radical (unpaired) electrons. The van der Waals surface area contributed by atoms with Crippen LogP contribution in [0.2, 0.25) is 0 Å². The molecule has 1 aromatic heterocycles. The maximum absolute atomic E-state index is 10.3. The molecule has 0 bridgehead atoms. The molecule has 2 nitrogen and oxygen atoms in total. The Morgan fingerprint density at radius 2 is 2.07 bits per heavy atom. The lowest BCUT2D eigenvalue weighted by Gasteiger charge is -2.37. The molecule has 2 heteroatoms. The van der Waals surface area contributed by atoms with Crippen molar-refractivity contribution in [3.8, 4) is 0 Å². The Kier molecular flexibility index (Phi) is 2.64. The minimum absolute atomic E-state index is 0.0864. The SMILES string of the molecule is CC1(C(O)c2ccc[nH]2)CCCCC1. The number of aliphatic hydroxyl groups excluding tert-OH is 1. The molecule has 78 valence electrons. The van der Waals surface area contributed by atoms with Crippen LogP contribution in [0.15, 0.2) is 18.3 Å². The van der Waals surface area contributed by atoms with Crippen molar-refractivity contribution in [2.24, 2.45) is 5.41 Å². The zero-order valence-electron chi connectivity index (χ0n) is 8.79. The molecule has 2 N–H and O–H groups in total. The number of hydrogen-bond acceptors (Lipinski definition) is 1. The monoisotopic (exact) mass is 193 g/mol. The van der Waals surface area contributed by atoms with Gasteiger partial charge >= 0.3 is 0 Å². The van der Waals surface area contributed by atoms with Crippen LogP contribution >= 0.6 is 0 Å². The minimum Gasteiger partial charge on any atom is -0.386 e. The second-order valence-electron chi connectivity index (χ2n) is 4.74. The quantitative estimate of drug-likeness (QED) is 0.744. The number of H-pyrrole nitrogens is 1. The number of aromatic amines is 1. The van der Waals surface area contributed by atoms with E-state index in [-0.39, 0.29) is 11.5 Å². The van der Waals surface area contributed by atoms with Gasteiger partial charge in [-0.25, -0.2) is 0 Å². The van der Waals surface area contributed by atoms with Crippen LogP contribution in [0.25, 0.3) is 0 Å². The molecular weight excluding hydrogens is 174 g/mol. The summed E-state index contributed by atoms with van der Waals surface area (Å²) >= 11 is 0. The Balaban J connectivity index is 2.13. The molecule has 1 unspecified atom stereocenters. The van der Waals surface area contributed by atoms with Crippen molar-refractivity contribution in [1.82, 2.24) is 4.98 Å². The van der Waals surface area contributed by atoms with E-state index in [0.717, 1.165) is 18.5 Å². The number of rotatable bonds is 2. The molecule has 0 aliphatic heterocycles. The van der Waals surface area contributed by atoms with Gasteiger partial charge in [-0.15, -0.1) is 0 Å². The summed E-state index contributed by atoms with van der Waals surface area (Å²) in [7, 11) is 0. The van der Waals surface area contributed by atoms with Crippen LogP contribution in [-0.4, -0.2) is 10.1 Å². The van der Waals surface area contributed by atoms with Crippen molar-refractivity contribution in [1.29, 1.82) is 0 Å². The van der Waals surface area contributed by atoms with Gasteiger partial charge < -0.3 is 10.1 Å².